The molecule has 0 aliphatic carbocycles. The Bertz CT molecular complexity index is 857. The number of carbonyl (C=O) groups is 1. The molecule has 0 fully saturated rings. The Hall–Kier alpha value is -3.07. The van der Waals surface area contributed by atoms with Gasteiger partial charge in [0.1, 0.15) is 12.4 Å². The van der Waals surface area contributed by atoms with Crippen LogP contribution in [0.3, 0.4) is 0 Å². The van der Waals surface area contributed by atoms with Crippen LogP contribution in [0.15, 0.2) is 84.9 Å². The minimum atomic E-state index is -0.734. The molecule has 0 amide bonds. The van der Waals surface area contributed by atoms with E-state index in [-0.39, 0.29) is 5.97 Å². The third-order valence-electron chi connectivity index (χ3n) is 4.78. The number of hydrogen-bond acceptors (Lipinski definition) is 3. The van der Waals surface area contributed by atoms with E-state index in [1.165, 1.54) is 7.11 Å². The fourth-order valence-corrected chi connectivity index (χ4v) is 3.18. The van der Waals surface area contributed by atoms with Gasteiger partial charge >= 0.3 is 5.97 Å². The van der Waals surface area contributed by atoms with Crippen LogP contribution < -0.4 is 4.74 Å². The molecule has 3 nitrogen and oxygen atoms in total. The molecule has 0 aliphatic rings. The average Bonchev–Trinajstić information content (AvgIpc) is 2.74. The van der Waals surface area contributed by atoms with Gasteiger partial charge < -0.3 is 9.47 Å². The summed E-state index contributed by atoms with van der Waals surface area (Å²) in [6.07, 6.45) is 0.558. The second-order valence-corrected chi connectivity index (χ2v) is 6.78. The Kier molecular flexibility index (Phi) is 5.92. The molecule has 138 valence electrons. The van der Waals surface area contributed by atoms with E-state index in [1.807, 2.05) is 91.9 Å². The molecule has 3 aromatic rings. The van der Waals surface area contributed by atoms with E-state index >= 15 is 0 Å². The van der Waals surface area contributed by atoms with Crippen LogP contribution in [-0.2, 0) is 28.0 Å². The van der Waals surface area contributed by atoms with E-state index < -0.39 is 5.41 Å². The Morgan fingerprint density at radius 3 is 2.00 bits per heavy atom. The molecule has 1 atom stereocenters. The van der Waals surface area contributed by atoms with Crippen molar-refractivity contribution in [2.45, 2.75) is 25.4 Å². The molecule has 0 saturated carbocycles. The molecule has 0 unspecified atom stereocenters. The summed E-state index contributed by atoms with van der Waals surface area (Å²) in [5.41, 5.74) is 2.39. The van der Waals surface area contributed by atoms with Gasteiger partial charge in [0.15, 0.2) is 0 Å². The summed E-state index contributed by atoms with van der Waals surface area (Å²) in [6, 6.07) is 27.7. The molecule has 0 heterocycles. The standard InChI is InChI=1S/C24H24O3/c1-24(23(25)26-2,21-11-7-4-8-12-21)17-19-13-15-22(16-14-19)27-18-20-9-5-3-6-10-20/h3-16H,17-18H2,1-2H3/t24-/m0/s1. The first-order chi connectivity index (χ1) is 13.1. The van der Waals surface area contributed by atoms with Gasteiger partial charge in [0, 0.05) is 0 Å². The van der Waals surface area contributed by atoms with Gasteiger partial charge in [-0.15, -0.1) is 0 Å². The molecule has 3 heteroatoms. The van der Waals surface area contributed by atoms with E-state index in [4.69, 9.17) is 9.47 Å². The highest BCUT2D eigenvalue weighted by molar-refractivity contribution is 5.83. The maximum Gasteiger partial charge on any atom is 0.316 e. The summed E-state index contributed by atoms with van der Waals surface area (Å²) < 4.78 is 10.9. The number of esters is 1. The van der Waals surface area contributed by atoms with Crippen LogP contribution in [0.1, 0.15) is 23.6 Å². The lowest BCUT2D eigenvalue weighted by atomic mass is 9.77. The molecular formula is C24H24O3. The van der Waals surface area contributed by atoms with Crippen molar-refractivity contribution in [3.05, 3.63) is 102 Å². The zero-order valence-electron chi connectivity index (χ0n) is 15.7. The predicted molar refractivity (Wildman–Crippen MR) is 107 cm³/mol. The summed E-state index contributed by atoms with van der Waals surface area (Å²) in [4.78, 5) is 12.5. The van der Waals surface area contributed by atoms with E-state index in [2.05, 4.69) is 0 Å². The summed E-state index contributed by atoms with van der Waals surface area (Å²) >= 11 is 0. The summed E-state index contributed by atoms with van der Waals surface area (Å²) in [6.45, 7) is 2.46. The molecule has 0 saturated heterocycles. The third-order valence-corrected chi connectivity index (χ3v) is 4.78. The Morgan fingerprint density at radius 2 is 1.41 bits per heavy atom. The molecule has 0 bridgehead atoms. The Labute approximate surface area is 160 Å². The number of methoxy groups -OCH3 is 1. The van der Waals surface area contributed by atoms with Crippen LogP contribution in [0.4, 0.5) is 0 Å². The Morgan fingerprint density at radius 1 is 0.815 bits per heavy atom. The average molecular weight is 360 g/mol. The van der Waals surface area contributed by atoms with Crippen LogP contribution >= 0.6 is 0 Å². The fourth-order valence-electron chi connectivity index (χ4n) is 3.18. The van der Waals surface area contributed by atoms with Crippen molar-refractivity contribution in [1.29, 1.82) is 0 Å². The number of benzene rings is 3. The van der Waals surface area contributed by atoms with Gasteiger partial charge in [-0.3, -0.25) is 4.79 Å². The van der Waals surface area contributed by atoms with Crippen LogP contribution in [0, 0.1) is 0 Å². The molecule has 0 aliphatic heterocycles. The van der Waals surface area contributed by atoms with Crippen LogP contribution in [0.5, 0.6) is 5.75 Å². The molecular weight excluding hydrogens is 336 g/mol. The van der Waals surface area contributed by atoms with E-state index in [0.717, 1.165) is 22.4 Å². The van der Waals surface area contributed by atoms with Gasteiger partial charge in [-0.2, -0.15) is 0 Å². The number of hydrogen-bond donors (Lipinski definition) is 0. The van der Waals surface area contributed by atoms with Crippen molar-refractivity contribution >= 4 is 5.97 Å². The smallest absolute Gasteiger partial charge is 0.316 e. The van der Waals surface area contributed by atoms with Gasteiger partial charge in [0.05, 0.1) is 12.5 Å². The molecule has 0 spiro atoms. The highest BCUT2D eigenvalue weighted by atomic mass is 16.5. The zero-order valence-corrected chi connectivity index (χ0v) is 15.7. The highest BCUT2D eigenvalue weighted by Crippen LogP contribution is 2.30. The Balaban J connectivity index is 1.72. The lowest BCUT2D eigenvalue weighted by molar-refractivity contribution is -0.146. The molecule has 27 heavy (non-hydrogen) atoms. The zero-order chi connectivity index (χ0) is 19.1. The van der Waals surface area contributed by atoms with Crippen molar-refractivity contribution in [3.8, 4) is 5.75 Å². The number of ether oxygens (including phenoxy) is 2. The van der Waals surface area contributed by atoms with Crippen LogP contribution in [0.25, 0.3) is 0 Å². The summed E-state index contributed by atoms with van der Waals surface area (Å²) in [7, 11) is 1.43. The van der Waals surface area contributed by atoms with Crippen molar-refractivity contribution < 1.29 is 14.3 Å². The topological polar surface area (TPSA) is 35.5 Å². The summed E-state index contributed by atoms with van der Waals surface area (Å²) in [5, 5.41) is 0. The SMILES string of the molecule is COC(=O)[C@@](C)(Cc1ccc(OCc2ccccc2)cc1)c1ccccc1. The van der Waals surface area contributed by atoms with Crippen LogP contribution in [-0.4, -0.2) is 13.1 Å². The number of carbonyl (C=O) groups excluding carboxylic acids is 1. The largest absolute Gasteiger partial charge is 0.489 e. The highest BCUT2D eigenvalue weighted by Gasteiger charge is 2.36. The third kappa shape index (κ3) is 4.56. The fraction of sp³-hybridized carbons (Fsp3) is 0.208. The van der Waals surface area contributed by atoms with Crippen molar-refractivity contribution in [2.75, 3.05) is 7.11 Å². The molecule has 3 aromatic carbocycles. The van der Waals surface area contributed by atoms with E-state index in [0.29, 0.717) is 13.0 Å². The van der Waals surface area contributed by atoms with Gasteiger partial charge in [0.2, 0.25) is 0 Å². The van der Waals surface area contributed by atoms with Gasteiger partial charge in [-0.25, -0.2) is 0 Å². The van der Waals surface area contributed by atoms with Crippen molar-refractivity contribution in [3.63, 3.8) is 0 Å². The normalized spacial score (nSPS) is 12.8. The van der Waals surface area contributed by atoms with E-state index in [9.17, 15) is 4.79 Å². The van der Waals surface area contributed by atoms with Crippen LogP contribution in [0.2, 0.25) is 0 Å². The maximum absolute atomic E-state index is 12.5. The molecule has 0 aromatic heterocycles. The van der Waals surface area contributed by atoms with Crippen molar-refractivity contribution in [2.24, 2.45) is 0 Å². The van der Waals surface area contributed by atoms with Crippen molar-refractivity contribution in [1.82, 2.24) is 0 Å². The minimum Gasteiger partial charge on any atom is -0.489 e. The van der Waals surface area contributed by atoms with Gasteiger partial charge in [0.25, 0.3) is 0 Å². The summed E-state index contributed by atoms with van der Waals surface area (Å²) in [5.74, 6) is 0.570. The first-order valence-corrected chi connectivity index (χ1v) is 9.01. The second-order valence-electron chi connectivity index (χ2n) is 6.78. The first kappa shape index (κ1) is 18.7. The minimum absolute atomic E-state index is 0.238. The first-order valence-electron chi connectivity index (χ1n) is 9.01. The number of rotatable bonds is 7. The lowest BCUT2D eigenvalue weighted by Gasteiger charge is -2.27. The predicted octanol–water partition coefficient (Wildman–Crippen LogP) is 4.94. The lowest BCUT2D eigenvalue weighted by Crippen LogP contribution is -2.36. The van der Waals surface area contributed by atoms with Gasteiger partial charge in [-0.05, 0) is 42.2 Å². The van der Waals surface area contributed by atoms with Gasteiger partial charge in [-0.1, -0.05) is 72.8 Å². The van der Waals surface area contributed by atoms with E-state index in [1.54, 1.807) is 0 Å². The quantitative estimate of drug-likeness (QED) is 0.560. The maximum atomic E-state index is 12.5. The molecule has 3 rings (SSSR count). The molecule has 0 N–H and O–H groups in total. The monoisotopic (exact) mass is 360 g/mol. The molecule has 0 radical (unpaired) electrons. The second kappa shape index (κ2) is 8.54.